The summed E-state index contributed by atoms with van der Waals surface area (Å²) in [4.78, 5) is 28.4. The molecule has 0 radical (unpaired) electrons. The molecule has 0 bridgehead atoms. The second kappa shape index (κ2) is 8.65. The Morgan fingerprint density at radius 3 is 2.24 bits per heavy atom. The molecule has 29 heavy (non-hydrogen) atoms. The third-order valence-corrected chi connectivity index (χ3v) is 4.90. The second-order valence-electron chi connectivity index (χ2n) is 7.96. The minimum absolute atomic E-state index is 0.0694. The molecule has 154 valence electrons. The molecule has 2 N–H and O–H groups in total. The van der Waals surface area contributed by atoms with Crippen LogP contribution in [0, 0.1) is 5.41 Å². The lowest BCUT2D eigenvalue weighted by Gasteiger charge is -2.35. The predicted molar refractivity (Wildman–Crippen MR) is 117 cm³/mol. The fraction of sp³-hybridized carbons (Fsp3) is 0.381. The number of carbonyl (C=O) groups excluding carboxylic acids is 2. The van der Waals surface area contributed by atoms with Crippen LogP contribution < -0.4 is 15.5 Å². The molecule has 0 saturated carbocycles. The van der Waals surface area contributed by atoms with Crippen LogP contribution in [0.4, 0.5) is 11.4 Å². The SMILES string of the molecule is CC(C)(C)C(=O)NC(=S)Nc1ccc(N2CCN(C(=O)c3ccco3)CC2)cc1. The van der Waals surface area contributed by atoms with Crippen molar-refractivity contribution in [3.8, 4) is 0 Å². The van der Waals surface area contributed by atoms with Gasteiger partial charge in [0.2, 0.25) is 5.91 Å². The number of hydrogen-bond acceptors (Lipinski definition) is 5. The van der Waals surface area contributed by atoms with Crippen molar-refractivity contribution in [2.75, 3.05) is 36.4 Å². The number of anilines is 2. The summed E-state index contributed by atoms with van der Waals surface area (Å²) in [6.45, 7) is 8.29. The van der Waals surface area contributed by atoms with Crippen LogP contribution in [0.5, 0.6) is 0 Å². The van der Waals surface area contributed by atoms with Crippen molar-refractivity contribution in [1.82, 2.24) is 10.2 Å². The van der Waals surface area contributed by atoms with Gasteiger partial charge in [-0.15, -0.1) is 0 Å². The van der Waals surface area contributed by atoms with Gasteiger partial charge in [0.05, 0.1) is 6.26 Å². The first-order valence-corrected chi connectivity index (χ1v) is 9.95. The van der Waals surface area contributed by atoms with E-state index in [1.807, 2.05) is 49.9 Å². The molecule has 0 atom stereocenters. The molecule has 1 aliphatic rings. The van der Waals surface area contributed by atoms with Crippen LogP contribution in [0.1, 0.15) is 31.3 Å². The van der Waals surface area contributed by atoms with Crippen molar-refractivity contribution in [3.05, 3.63) is 48.4 Å². The van der Waals surface area contributed by atoms with Crippen LogP contribution in [0.25, 0.3) is 0 Å². The van der Waals surface area contributed by atoms with E-state index < -0.39 is 5.41 Å². The summed E-state index contributed by atoms with van der Waals surface area (Å²) in [5.41, 5.74) is 1.38. The molecule has 0 aliphatic carbocycles. The number of furan rings is 1. The minimum Gasteiger partial charge on any atom is -0.459 e. The fourth-order valence-electron chi connectivity index (χ4n) is 2.93. The summed E-state index contributed by atoms with van der Waals surface area (Å²) in [7, 11) is 0. The highest BCUT2D eigenvalue weighted by Gasteiger charge is 2.24. The van der Waals surface area contributed by atoms with E-state index in [9.17, 15) is 9.59 Å². The molecule has 2 aromatic rings. The summed E-state index contributed by atoms with van der Waals surface area (Å²) in [5, 5.41) is 6.01. The summed E-state index contributed by atoms with van der Waals surface area (Å²) in [6, 6.07) is 11.3. The van der Waals surface area contributed by atoms with Gasteiger partial charge in [-0.05, 0) is 48.6 Å². The molecule has 8 heteroatoms. The number of amides is 2. The highest BCUT2D eigenvalue weighted by atomic mass is 32.1. The van der Waals surface area contributed by atoms with Crippen LogP contribution in [-0.2, 0) is 4.79 Å². The van der Waals surface area contributed by atoms with E-state index in [1.54, 1.807) is 12.1 Å². The van der Waals surface area contributed by atoms with Gasteiger partial charge in [-0.3, -0.25) is 9.59 Å². The van der Waals surface area contributed by atoms with E-state index in [4.69, 9.17) is 16.6 Å². The lowest BCUT2D eigenvalue weighted by Crippen LogP contribution is -2.48. The Labute approximate surface area is 176 Å². The Bertz CT molecular complexity index is 864. The highest BCUT2D eigenvalue weighted by Crippen LogP contribution is 2.20. The average Bonchev–Trinajstić information content (AvgIpc) is 3.22. The highest BCUT2D eigenvalue weighted by molar-refractivity contribution is 7.80. The largest absolute Gasteiger partial charge is 0.459 e. The van der Waals surface area contributed by atoms with Crippen LogP contribution >= 0.6 is 12.2 Å². The van der Waals surface area contributed by atoms with Crippen molar-refractivity contribution >= 4 is 40.5 Å². The Morgan fingerprint density at radius 1 is 1.03 bits per heavy atom. The zero-order valence-electron chi connectivity index (χ0n) is 16.9. The fourth-order valence-corrected chi connectivity index (χ4v) is 3.14. The molecule has 1 aromatic heterocycles. The number of hydrogen-bond donors (Lipinski definition) is 2. The topological polar surface area (TPSA) is 77.8 Å². The quantitative estimate of drug-likeness (QED) is 0.752. The molecule has 0 spiro atoms. The third-order valence-electron chi connectivity index (χ3n) is 4.70. The zero-order chi connectivity index (χ0) is 21.0. The van der Waals surface area contributed by atoms with Crippen molar-refractivity contribution < 1.29 is 14.0 Å². The summed E-state index contributed by atoms with van der Waals surface area (Å²) in [6.07, 6.45) is 1.51. The number of rotatable bonds is 3. The third kappa shape index (κ3) is 5.35. The Hall–Kier alpha value is -2.87. The first-order chi connectivity index (χ1) is 13.7. The van der Waals surface area contributed by atoms with Gasteiger partial charge in [-0.2, -0.15) is 0 Å². The van der Waals surface area contributed by atoms with E-state index in [1.165, 1.54) is 6.26 Å². The number of thiocarbonyl (C=S) groups is 1. The van der Waals surface area contributed by atoms with Gasteiger partial charge in [0.1, 0.15) is 0 Å². The van der Waals surface area contributed by atoms with E-state index in [0.29, 0.717) is 18.8 Å². The van der Waals surface area contributed by atoms with Crippen LogP contribution in [0.15, 0.2) is 47.1 Å². The summed E-state index contributed by atoms with van der Waals surface area (Å²) >= 11 is 5.21. The lowest BCUT2D eigenvalue weighted by molar-refractivity contribution is -0.126. The predicted octanol–water partition coefficient (Wildman–Crippen LogP) is 3.10. The number of nitrogens with zero attached hydrogens (tertiary/aromatic N) is 2. The lowest BCUT2D eigenvalue weighted by atomic mass is 9.96. The monoisotopic (exact) mass is 414 g/mol. The molecule has 0 unspecified atom stereocenters. The van der Waals surface area contributed by atoms with Gasteiger partial charge in [0.15, 0.2) is 10.9 Å². The number of benzene rings is 1. The molecule has 2 heterocycles. The van der Waals surface area contributed by atoms with Gasteiger partial charge in [-0.1, -0.05) is 20.8 Å². The number of carbonyl (C=O) groups is 2. The van der Waals surface area contributed by atoms with Crippen molar-refractivity contribution in [3.63, 3.8) is 0 Å². The normalized spacial score (nSPS) is 14.4. The Kier molecular flexibility index (Phi) is 6.22. The standard InChI is InChI=1S/C21H26N4O3S/c1-21(2,3)19(27)23-20(29)22-15-6-8-16(9-7-15)24-10-12-25(13-11-24)18(26)17-5-4-14-28-17/h4-9,14H,10-13H2,1-3H3,(H2,22,23,27,29). The number of nitrogens with one attached hydrogen (secondary N) is 2. The summed E-state index contributed by atoms with van der Waals surface area (Å²) in [5.74, 6) is 0.178. The molecular weight excluding hydrogens is 388 g/mol. The molecule has 3 rings (SSSR count). The van der Waals surface area contributed by atoms with Crippen molar-refractivity contribution in [2.45, 2.75) is 20.8 Å². The smallest absolute Gasteiger partial charge is 0.289 e. The van der Waals surface area contributed by atoms with Gasteiger partial charge in [0, 0.05) is 43.0 Å². The molecule has 1 fully saturated rings. The van der Waals surface area contributed by atoms with Crippen LogP contribution in [0.2, 0.25) is 0 Å². The van der Waals surface area contributed by atoms with Crippen LogP contribution in [-0.4, -0.2) is 48.0 Å². The van der Waals surface area contributed by atoms with Crippen LogP contribution in [0.3, 0.4) is 0 Å². The average molecular weight is 415 g/mol. The van der Waals surface area contributed by atoms with E-state index >= 15 is 0 Å². The Morgan fingerprint density at radius 2 is 1.69 bits per heavy atom. The molecule has 1 aromatic carbocycles. The van der Waals surface area contributed by atoms with Gasteiger partial charge in [-0.25, -0.2) is 0 Å². The van der Waals surface area contributed by atoms with Gasteiger partial charge >= 0.3 is 0 Å². The maximum atomic E-state index is 12.4. The van der Waals surface area contributed by atoms with Crippen molar-refractivity contribution in [1.29, 1.82) is 0 Å². The maximum Gasteiger partial charge on any atom is 0.289 e. The molecule has 2 amide bonds. The summed E-state index contributed by atoms with van der Waals surface area (Å²) < 4.78 is 5.20. The molecule has 1 aliphatic heterocycles. The van der Waals surface area contributed by atoms with E-state index in [-0.39, 0.29) is 16.9 Å². The second-order valence-corrected chi connectivity index (χ2v) is 8.37. The number of piperazine rings is 1. The van der Waals surface area contributed by atoms with E-state index in [2.05, 4.69) is 15.5 Å². The first-order valence-electron chi connectivity index (χ1n) is 9.54. The minimum atomic E-state index is -0.504. The zero-order valence-corrected chi connectivity index (χ0v) is 17.7. The molecule has 7 nitrogen and oxygen atoms in total. The maximum absolute atomic E-state index is 12.4. The Balaban J connectivity index is 1.51. The first kappa shape index (κ1) is 20.9. The van der Waals surface area contributed by atoms with Gasteiger partial charge < -0.3 is 24.9 Å². The molecule has 1 saturated heterocycles. The molecular formula is C21H26N4O3S. The van der Waals surface area contributed by atoms with Gasteiger partial charge in [0.25, 0.3) is 5.91 Å². The van der Waals surface area contributed by atoms with E-state index in [0.717, 1.165) is 24.5 Å². The van der Waals surface area contributed by atoms with Crippen molar-refractivity contribution in [2.24, 2.45) is 5.41 Å².